The molecule has 0 radical (unpaired) electrons. The maximum absolute atomic E-state index is 12.6. The number of nitrogens with zero attached hydrogens (tertiary/aromatic N) is 1. The van der Waals surface area contributed by atoms with Gasteiger partial charge in [0.2, 0.25) is 0 Å². The molecule has 1 N–H and O–H groups in total. The molecule has 106 valence electrons. The third kappa shape index (κ3) is 2.37. The van der Waals surface area contributed by atoms with Gasteiger partial charge in [0.05, 0.1) is 0 Å². The fourth-order valence-electron chi connectivity index (χ4n) is 3.96. The Morgan fingerprint density at radius 2 is 1.63 bits per heavy atom. The first-order valence-corrected chi connectivity index (χ1v) is 7.85. The summed E-state index contributed by atoms with van der Waals surface area (Å²) in [5.41, 5.74) is -0.538. The highest BCUT2D eigenvalue weighted by Gasteiger charge is 2.51. The number of urea groups is 1. The average molecular weight is 264 g/mol. The molecule has 1 aliphatic heterocycles. The smallest absolute Gasteiger partial charge is 0.323 e. The van der Waals surface area contributed by atoms with Gasteiger partial charge in [-0.25, -0.2) is 4.79 Å². The van der Waals surface area contributed by atoms with Crippen LogP contribution < -0.4 is 5.32 Å². The topological polar surface area (TPSA) is 49.4 Å². The number of imide groups is 1. The molecule has 0 unspecified atom stereocenters. The summed E-state index contributed by atoms with van der Waals surface area (Å²) in [7, 11) is 0. The van der Waals surface area contributed by atoms with E-state index in [0.29, 0.717) is 12.5 Å². The molecule has 0 aromatic heterocycles. The lowest BCUT2D eigenvalue weighted by atomic mass is 9.81. The lowest BCUT2D eigenvalue weighted by Crippen LogP contribution is -2.48. The van der Waals surface area contributed by atoms with Crippen molar-refractivity contribution in [2.75, 3.05) is 6.54 Å². The van der Waals surface area contributed by atoms with Crippen molar-refractivity contribution >= 4 is 11.9 Å². The molecule has 3 amide bonds. The molecule has 4 heteroatoms. The lowest BCUT2D eigenvalue weighted by molar-refractivity contribution is -0.132. The van der Waals surface area contributed by atoms with E-state index in [2.05, 4.69) is 5.32 Å². The second kappa shape index (κ2) is 5.14. The summed E-state index contributed by atoms with van der Waals surface area (Å²) in [6.07, 6.45) is 11.1. The average Bonchev–Trinajstić information content (AvgIpc) is 2.66. The van der Waals surface area contributed by atoms with E-state index in [4.69, 9.17) is 0 Å². The Hall–Kier alpha value is -1.06. The van der Waals surface area contributed by atoms with E-state index in [9.17, 15) is 9.59 Å². The highest BCUT2D eigenvalue weighted by molar-refractivity contribution is 6.07. The minimum Gasteiger partial charge on any atom is -0.323 e. The van der Waals surface area contributed by atoms with Crippen LogP contribution in [0.1, 0.15) is 64.2 Å². The lowest BCUT2D eigenvalue weighted by Gasteiger charge is -2.31. The van der Waals surface area contributed by atoms with Crippen molar-refractivity contribution in [1.29, 1.82) is 0 Å². The predicted molar refractivity (Wildman–Crippen MR) is 72.6 cm³/mol. The number of nitrogens with one attached hydrogen (secondary N) is 1. The van der Waals surface area contributed by atoms with Crippen molar-refractivity contribution in [3.63, 3.8) is 0 Å². The molecule has 0 aromatic rings. The number of hydrogen-bond donors (Lipinski definition) is 1. The van der Waals surface area contributed by atoms with E-state index in [-0.39, 0.29) is 11.9 Å². The van der Waals surface area contributed by atoms with Crippen LogP contribution in [-0.4, -0.2) is 28.9 Å². The summed E-state index contributed by atoms with van der Waals surface area (Å²) in [4.78, 5) is 26.3. The molecule has 1 heterocycles. The molecule has 3 fully saturated rings. The van der Waals surface area contributed by atoms with Crippen molar-refractivity contribution in [2.24, 2.45) is 5.92 Å². The molecule has 3 aliphatic rings. The maximum atomic E-state index is 12.6. The highest BCUT2D eigenvalue weighted by Crippen LogP contribution is 2.35. The first-order valence-electron chi connectivity index (χ1n) is 7.85. The molecular weight excluding hydrogens is 240 g/mol. The van der Waals surface area contributed by atoms with Crippen molar-refractivity contribution in [3.8, 4) is 0 Å². The Bertz CT molecular complexity index is 368. The van der Waals surface area contributed by atoms with Crippen LogP contribution >= 0.6 is 0 Å². The van der Waals surface area contributed by atoms with Crippen LogP contribution in [0.2, 0.25) is 0 Å². The molecular formula is C15H24N2O2. The van der Waals surface area contributed by atoms with E-state index >= 15 is 0 Å². The fourth-order valence-corrected chi connectivity index (χ4v) is 3.96. The Morgan fingerprint density at radius 1 is 1.00 bits per heavy atom. The van der Waals surface area contributed by atoms with Crippen LogP contribution in [0.3, 0.4) is 0 Å². The van der Waals surface area contributed by atoms with Gasteiger partial charge < -0.3 is 5.32 Å². The minimum atomic E-state index is -0.538. The van der Waals surface area contributed by atoms with Crippen molar-refractivity contribution in [1.82, 2.24) is 10.2 Å². The van der Waals surface area contributed by atoms with E-state index < -0.39 is 5.54 Å². The highest BCUT2D eigenvalue weighted by atomic mass is 16.2. The van der Waals surface area contributed by atoms with Gasteiger partial charge >= 0.3 is 6.03 Å². The second-order valence-electron chi connectivity index (χ2n) is 6.49. The Kier molecular flexibility index (Phi) is 3.50. The molecule has 0 bridgehead atoms. The summed E-state index contributed by atoms with van der Waals surface area (Å²) < 4.78 is 0. The zero-order chi connectivity index (χ0) is 13.3. The number of amides is 3. The van der Waals surface area contributed by atoms with Gasteiger partial charge in [0.15, 0.2) is 0 Å². The SMILES string of the molecule is O=C1NC2(CCCCC2)C(=O)N1CC1CCCCC1. The third-order valence-electron chi connectivity index (χ3n) is 5.12. The van der Waals surface area contributed by atoms with Crippen molar-refractivity contribution < 1.29 is 9.59 Å². The largest absolute Gasteiger partial charge is 0.325 e. The Morgan fingerprint density at radius 3 is 2.32 bits per heavy atom. The molecule has 2 saturated carbocycles. The molecule has 0 atom stereocenters. The predicted octanol–water partition coefficient (Wildman–Crippen LogP) is 2.82. The summed E-state index contributed by atoms with van der Waals surface area (Å²) in [5, 5.41) is 3.00. The van der Waals surface area contributed by atoms with Gasteiger partial charge in [-0.15, -0.1) is 0 Å². The van der Waals surface area contributed by atoms with Gasteiger partial charge in [0.25, 0.3) is 5.91 Å². The van der Waals surface area contributed by atoms with Gasteiger partial charge in [-0.1, -0.05) is 38.5 Å². The Balaban J connectivity index is 1.68. The van der Waals surface area contributed by atoms with Crippen molar-refractivity contribution in [3.05, 3.63) is 0 Å². The molecule has 1 saturated heterocycles. The molecule has 2 aliphatic carbocycles. The molecule has 1 spiro atoms. The van der Waals surface area contributed by atoms with E-state index in [0.717, 1.165) is 25.7 Å². The second-order valence-corrected chi connectivity index (χ2v) is 6.49. The molecule has 19 heavy (non-hydrogen) atoms. The van der Waals surface area contributed by atoms with Gasteiger partial charge in [-0.05, 0) is 31.6 Å². The van der Waals surface area contributed by atoms with Gasteiger partial charge in [0, 0.05) is 6.54 Å². The van der Waals surface area contributed by atoms with Crippen LogP contribution in [-0.2, 0) is 4.79 Å². The van der Waals surface area contributed by atoms with E-state index in [1.807, 2.05) is 0 Å². The van der Waals surface area contributed by atoms with E-state index in [1.54, 1.807) is 0 Å². The quantitative estimate of drug-likeness (QED) is 0.780. The maximum Gasteiger partial charge on any atom is 0.325 e. The van der Waals surface area contributed by atoms with Crippen molar-refractivity contribution in [2.45, 2.75) is 69.7 Å². The zero-order valence-electron chi connectivity index (χ0n) is 11.6. The zero-order valence-corrected chi connectivity index (χ0v) is 11.6. The molecule has 3 rings (SSSR count). The van der Waals surface area contributed by atoms with Crippen LogP contribution in [0.5, 0.6) is 0 Å². The van der Waals surface area contributed by atoms with Gasteiger partial charge in [0.1, 0.15) is 5.54 Å². The first kappa shape index (κ1) is 12.9. The first-order chi connectivity index (χ1) is 9.21. The molecule has 0 aromatic carbocycles. The third-order valence-corrected chi connectivity index (χ3v) is 5.12. The number of carbonyl (C=O) groups is 2. The standard InChI is InChI=1S/C15H24N2O2/c18-13-15(9-5-2-6-10-15)16-14(19)17(13)11-12-7-3-1-4-8-12/h12H,1-11H2,(H,16,19). The minimum absolute atomic E-state index is 0.0581. The van der Waals surface area contributed by atoms with Crippen LogP contribution in [0.15, 0.2) is 0 Å². The summed E-state index contributed by atoms with van der Waals surface area (Å²) in [6.45, 7) is 0.645. The van der Waals surface area contributed by atoms with Crippen LogP contribution in [0, 0.1) is 5.92 Å². The normalized spacial score (nSPS) is 27.9. The summed E-state index contributed by atoms with van der Waals surface area (Å²) >= 11 is 0. The van der Waals surface area contributed by atoms with Crippen LogP contribution in [0.25, 0.3) is 0 Å². The van der Waals surface area contributed by atoms with Gasteiger partial charge in [-0.3, -0.25) is 9.69 Å². The number of rotatable bonds is 2. The van der Waals surface area contributed by atoms with Gasteiger partial charge in [-0.2, -0.15) is 0 Å². The summed E-state index contributed by atoms with van der Waals surface area (Å²) in [5.74, 6) is 0.588. The van der Waals surface area contributed by atoms with E-state index in [1.165, 1.54) is 43.4 Å². The monoisotopic (exact) mass is 264 g/mol. The fraction of sp³-hybridized carbons (Fsp3) is 0.867. The number of carbonyl (C=O) groups excluding carboxylic acids is 2. The van der Waals surface area contributed by atoms with Crippen LogP contribution in [0.4, 0.5) is 4.79 Å². The summed E-state index contributed by atoms with van der Waals surface area (Å²) in [6, 6.07) is -0.141. The molecule has 4 nitrogen and oxygen atoms in total. The Labute approximate surface area is 114 Å². The number of hydrogen-bond acceptors (Lipinski definition) is 2.